The first-order valence-corrected chi connectivity index (χ1v) is 10.2. The number of anilines is 2. The summed E-state index contributed by atoms with van der Waals surface area (Å²) < 4.78 is 1.67. The molecule has 1 N–H and O–H groups in total. The Bertz CT molecular complexity index is 1120. The Hall–Kier alpha value is -3.19. The first kappa shape index (κ1) is 20.1. The maximum atomic E-state index is 12.9. The Labute approximate surface area is 179 Å². The lowest BCUT2D eigenvalue weighted by Gasteiger charge is -2.27. The van der Waals surface area contributed by atoms with Crippen LogP contribution in [-0.2, 0) is 4.79 Å². The molecule has 0 bridgehead atoms. The standard InChI is InChI=1S/C22H22ClN5O2/c1-14-12-15(2)28(26-14)19-10-9-18(23)21(25-19)22(30)24-16-6-5-7-17(13-16)27-11-4-3-8-20(27)29/h5-7,9-10,12-13H,3-4,8,11H2,1-2H3,(H,24,30). The quantitative estimate of drug-likeness (QED) is 0.678. The molecule has 8 heteroatoms. The first-order valence-electron chi connectivity index (χ1n) is 9.84. The Kier molecular flexibility index (Phi) is 5.55. The second-order valence-corrected chi connectivity index (χ2v) is 7.75. The molecule has 4 rings (SSSR count). The third kappa shape index (κ3) is 4.07. The molecule has 1 aromatic carbocycles. The zero-order chi connectivity index (χ0) is 21.3. The molecule has 1 saturated heterocycles. The van der Waals surface area contributed by atoms with Crippen LogP contribution in [0.15, 0.2) is 42.5 Å². The molecule has 154 valence electrons. The lowest BCUT2D eigenvalue weighted by Crippen LogP contribution is -2.35. The molecule has 0 unspecified atom stereocenters. The molecule has 2 amide bonds. The van der Waals surface area contributed by atoms with Crippen molar-refractivity contribution in [3.63, 3.8) is 0 Å². The third-order valence-electron chi connectivity index (χ3n) is 5.01. The molecule has 0 radical (unpaired) electrons. The van der Waals surface area contributed by atoms with Crippen molar-refractivity contribution in [3.05, 3.63) is 64.6 Å². The average Bonchev–Trinajstić information content (AvgIpc) is 3.07. The van der Waals surface area contributed by atoms with E-state index in [0.29, 0.717) is 24.5 Å². The van der Waals surface area contributed by atoms with E-state index in [9.17, 15) is 9.59 Å². The van der Waals surface area contributed by atoms with Gasteiger partial charge in [-0.25, -0.2) is 9.67 Å². The van der Waals surface area contributed by atoms with E-state index in [0.717, 1.165) is 29.9 Å². The summed E-state index contributed by atoms with van der Waals surface area (Å²) in [6.07, 6.45) is 2.44. The van der Waals surface area contributed by atoms with Gasteiger partial charge in [-0.05, 0) is 63.1 Å². The number of aromatic nitrogens is 3. The molecular formula is C22H22ClN5O2. The predicted molar refractivity (Wildman–Crippen MR) is 116 cm³/mol. The fourth-order valence-corrected chi connectivity index (χ4v) is 3.78. The van der Waals surface area contributed by atoms with Crippen molar-refractivity contribution in [3.8, 4) is 5.82 Å². The van der Waals surface area contributed by atoms with Crippen LogP contribution in [0.25, 0.3) is 5.82 Å². The van der Waals surface area contributed by atoms with Crippen molar-refractivity contribution in [1.82, 2.24) is 14.8 Å². The fourth-order valence-electron chi connectivity index (χ4n) is 3.59. The summed E-state index contributed by atoms with van der Waals surface area (Å²) >= 11 is 6.26. The van der Waals surface area contributed by atoms with E-state index in [2.05, 4.69) is 15.4 Å². The number of aryl methyl sites for hydroxylation is 2. The van der Waals surface area contributed by atoms with E-state index in [1.54, 1.807) is 33.8 Å². The summed E-state index contributed by atoms with van der Waals surface area (Å²) in [6.45, 7) is 4.50. The number of nitrogens with zero attached hydrogens (tertiary/aromatic N) is 4. The van der Waals surface area contributed by atoms with Gasteiger partial charge in [0.2, 0.25) is 5.91 Å². The van der Waals surface area contributed by atoms with E-state index in [1.807, 2.05) is 32.0 Å². The Morgan fingerprint density at radius 2 is 1.97 bits per heavy atom. The van der Waals surface area contributed by atoms with Gasteiger partial charge in [-0.2, -0.15) is 5.10 Å². The van der Waals surface area contributed by atoms with Gasteiger partial charge in [0.15, 0.2) is 5.82 Å². The van der Waals surface area contributed by atoms with E-state index in [1.165, 1.54) is 0 Å². The number of hydrogen-bond donors (Lipinski definition) is 1. The summed E-state index contributed by atoms with van der Waals surface area (Å²) in [5, 5.41) is 7.50. The first-order chi connectivity index (χ1) is 14.4. The van der Waals surface area contributed by atoms with Crippen LogP contribution in [0.1, 0.15) is 41.1 Å². The van der Waals surface area contributed by atoms with Gasteiger partial charge in [0.25, 0.3) is 5.91 Å². The molecule has 1 aliphatic rings. The number of amides is 2. The topological polar surface area (TPSA) is 80.1 Å². The number of hydrogen-bond acceptors (Lipinski definition) is 4. The number of nitrogens with one attached hydrogen (secondary N) is 1. The maximum Gasteiger partial charge on any atom is 0.275 e. The smallest absolute Gasteiger partial charge is 0.275 e. The highest BCUT2D eigenvalue weighted by molar-refractivity contribution is 6.34. The SMILES string of the molecule is Cc1cc(C)n(-c2ccc(Cl)c(C(=O)Nc3cccc(N4CCCCC4=O)c3)n2)n1. The summed E-state index contributed by atoms with van der Waals surface area (Å²) in [6, 6.07) is 12.5. The van der Waals surface area contributed by atoms with Gasteiger partial charge in [-0.3, -0.25) is 9.59 Å². The summed E-state index contributed by atoms with van der Waals surface area (Å²) in [5.74, 6) is 0.195. The minimum atomic E-state index is -0.425. The van der Waals surface area contributed by atoms with Crippen LogP contribution in [0.4, 0.5) is 11.4 Å². The Balaban J connectivity index is 1.58. The van der Waals surface area contributed by atoms with E-state index < -0.39 is 5.91 Å². The van der Waals surface area contributed by atoms with Crippen LogP contribution in [0.3, 0.4) is 0 Å². The van der Waals surface area contributed by atoms with Crippen LogP contribution >= 0.6 is 11.6 Å². The van der Waals surface area contributed by atoms with Crippen molar-refractivity contribution in [2.24, 2.45) is 0 Å². The minimum absolute atomic E-state index is 0.104. The highest BCUT2D eigenvalue weighted by atomic mass is 35.5. The zero-order valence-electron chi connectivity index (χ0n) is 16.9. The monoisotopic (exact) mass is 423 g/mol. The van der Waals surface area contributed by atoms with Gasteiger partial charge in [-0.15, -0.1) is 0 Å². The van der Waals surface area contributed by atoms with Crippen molar-refractivity contribution in [2.45, 2.75) is 33.1 Å². The molecule has 3 heterocycles. The largest absolute Gasteiger partial charge is 0.321 e. The Morgan fingerprint density at radius 3 is 2.70 bits per heavy atom. The minimum Gasteiger partial charge on any atom is -0.321 e. The van der Waals surface area contributed by atoms with E-state index in [4.69, 9.17) is 11.6 Å². The van der Waals surface area contributed by atoms with Gasteiger partial charge in [0, 0.05) is 30.0 Å². The molecule has 2 aromatic heterocycles. The zero-order valence-corrected chi connectivity index (χ0v) is 17.6. The number of piperidine rings is 1. The normalized spacial score (nSPS) is 14.1. The predicted octanol–water partition coefficient (Wildman–Crippen LogP) is 4.31. The van der Waals surface area contributed by atoms with Gasteiger partial charge in [-0.1, -0.05) is 17.7 Å². The highest BCUT2D eigenvalue weighted by Gasteiger charge is 2.20. The van der Waals surface area contributed by atoms with E-state index in [-0.39, 0.29) is 16.6 Å². The van der Waals surface area contributed by atoms with Gasteiger partial charge >= 0.3 is 0 Å². The average molecular weight is 424 g/mol. The van der Waals surface area contributed by atoms with Crippen LogP contribution in [0, 0.1) is 13.8 Å². The lowest BCUT2D eigenvalue weighted by atomic mass is 10.1. The van der Waals surface area contributed by atoms with Crippen molar-refractivity contribution in [2.75, 3.05) is 16.8 Å². The Morgan fingerprint density at radius 1 is 1.13 bits per heavy atom. The van der Waals surface area contributed by atoms with E-state index >= 15 is 0 Å². The molecule has 0 atom stereocenters. The number of carbonyl (C=O) groups is 2. The summed E-state index contributed by atoms with van der Waals surface area (Å²) in [7, 11) is 0. The number of carbonyl (C=O) groups excluding carboxylic acids is 2. The van der Waals surface area contributed by atoms with Crippen molar-refractivity contribution in [1.29, 1.82) is 0 Å². The van der Waals surface area contributed by atoms with Gasteiger partial charge < -0.3 is 10.2 Å². The molecule has 0 spiro atoms. The highest BCUT2D eigenvalue weighted by Crippen LogP contribution is 2.25. The fraction of sp³-hybridized carbons (Fsp3) is 0.273. The summed E-state index contributed by atoms with van der Waals surface area (Å²) in [5.41, 5.74) is 3.23. The van der Waals surface area contributed by atoms with Crippen molar-refractivity contribution < 1.29 is 9.59 Å². The van der Waals surface area contributed by atoms with Gasteiger partial charge in [0.1, 0.15) is 5.69 Å². The molecule has 0 aliphatic carbocycles. The summed E-state index contributed by atoms with van der Waals surface area (Å²) in [4.78, 5) is 31.3. The van der Waals surface area contributed by atoms with Gasteiger partial charge in [0.05, 0.1) is 10.7 Å². The molecule has 30 heavy (non-hydrogen) atoms. The number of rotatable bonds is 4. The second kappa shape index (κ2) is 8.28. The van der Waals surface area contributed by atoms with Crippen LogP contribution in [-0.4, -0.2) is 33.1 Å². The molecule has 7 nitrogen and oxygen atoms in total. The molecule has 1 aliphatic heterocycles. The van der Waals surface area contributed by atoms with Crippen LogP contribution in [0.2, 0.25) is 5.02 Å². The molecule has 0 saturated carbocycles. The molecule has 1 fully saturated rings. The molecule has 3 aromatic rings. The maximum absolute atomic E-state index is 12.9. The number of benzene rings is 1. The van der Waals surface area contributed by atoms with Crippen LogP contribution in [0.5, 0.6) is 0 Å². The third-order valence-corrected chi connectivity index (χ3v) is 5.32. The second-order valence-electron chi connectivity index (χ2n) is 7.35. The van der Waals surface area contributed by atoms with Crippen LogP contribution < -0.4 is 10.2 Å². The molecular weight excluding hydrogens is 402 g/mol. The number of pyridine rings is 1. The van der Waals surface area contributed by atoms with Crippen molar-refractivity contribution >= 4 is 34.8 Å². The number of halogens is 1. The lowest BCUT2D eigenvalue weighted by molar-refractivity contribution is -0.119.